The third-order valence-corrected chi connectivity index (χ3v) is 1.74. The standard InChI is InChI=1S/C7H4BF7N.K/c9-6(7(10,11)12)4-1-5(3-16-2-4)8(13,14)15;/h1-3,6H;/q-1;+1. The Morgan fingerprint density at radius 3 is 2.06 bits per heavy atom. The number of hydrogen-bond acceptors (Lipinski definition) is 1. The number of aromatic nitrogens is 1. The Balaban J connectivity index is 0.00000256. The van der Waals surface area contributed by atoms with E-state index in [0.717, 1.165) is 0 Å². The first-order valence-electron chi connectivity index (χ1n) is 3.98. The van der Waals surface area contributed by atoms with Crippen LogP contribution in [-0.4, -0.2) is 18.1 Å². The number of rotatable bonds is 2. The average Bonchev–Trinajstić information content (AvgIpc) is 2.14. The molecule has 0 aromatic carbocycles. The van der Waals surface area contributed by atoms with Crippen LogP contribution in [0.1, 0.15) is 11.7 Å². The van der Waals surface area contributed by atoms with Crippen LogP contribution >= 0.6 is 0 Å². The van der Waals surface area contributed by atoms with Crippen molar-refractivity contribution in [3.05, 3.63) is 24.0 Å². The monoisotopic (exact) mass is 285 g/mol. The molecule has 17 heavy (non-hydrogen) atoms. The third kappa shape index (κ3) is 4.86. The van der Waals surface area contributed by atoms with Crippen LogP contribution in [0.4, 0.5) is 30.5 Å². The van der Waals surface area contributed by atoms with Crippen molar-refractivity contribution in [3.8, 4) is 0 Å². The number of nitrogens with zero attached hydrogens (tertiary/aromatic N) is 1. The maximum absolute atomic E-state index is 12.7. The van der Waals surface area contributed by atoms with Crippen molar-refractivity contribution in [3.63, 3.8) is 0 Å². The quantitative estimate of drug-likeness (QED) is 0.538. The van der Waals surface area contributed by atoms with E-state index in [4.69, 9.17) is 0 Å². The van der Waals surface area contributed by atoms with E-state index in [1.165, 1.54) is 0 Å². The van der Waals surface area contributed by atoms with Gasteiger partial charge < -0.3 is 12.9 Å². The molecule has 10 heteroatoms. The molecule has 1 rings (SSSR count). The molecule has 90 valence electrons. The van der Waals surface area contributed by atoms with Crippen LogP contribution < -0.4 is 56.8 Å². The molecular weight excluding hydrogens is 281 g/mol. The Morgan fingerprint density at radius 1 is 1.12 bits per heavy atom. The average molecular weight is 285 g/mol. The van der Waals surface area contributed by atoms with Crippen LogP contribution in [0.25, 0.3) is 0 Å². The molecule has 1 heterocycles. The van der Waals surface area contributed by atoms with Gasteiger partial charge >= 0.3 is 64.5 Å². The summed E-state index contributed by atoms with van der Waals surface area (Å²) < 4.78 is 84.8. The summed E-state index contributed by atoms with van der Waals surface area (Å²) in [5, 5.41) is 0. The summed E-state index contributed by atoms with van der Waals surface area (Å²) in [5.41, 5.74) is -2.51. The Bertz CT molecular complexity index is 377. The smallest absolute Gasteiger partial charge is 0.445 e. The summed E-state index contributed by atoms with van der Waals surface area (Å²) in [6.07, 6.45) is -7.92. The second-order valence-corrected chi connectivity index (χ2v) is 3.03. The second kappa shape index (κ2) is 6.00. The molecule has 1 atom stereocenters. The number of pyridine rings is 1. The van der Waals surface area contributed by atoms with Crippen molar-refractivity contribution >= 4 is 12.4 Å². The maximum Gasteiger partial charge on any atom is 1.00 e. The summed E-state index contributed by atoms with van der Waals surface area (Å²) >= 11 is 0. The topological polar surface area (TPSA) is 12.9 Å². The van der Waals surface area contributed by atoms with Crippen molar-refractivity contribution < 1.29 is 81.9 Å². The molecule has 0 fully saturated rings. The number of hydrogen-bond donors (Lipinski definition) is 0. The summed E-state index contributed by atoms with van der Waals surface area (Å²) in [6, 6.07) is 0.116. The van der Waals surface area contributed by atoms with E-state index in [0.29, 0.717) is 12.4 Å². The largest absolute Gasteiger partial charge is 1.00 e. The van der Waals surface area contributed by atoms with Crippen LogP contribution in [-0.2, 0) is 0 Å². The van der Waals surface area contributed by atoms with Crippen LogP contribution in [0.2, 0.25) is 0 Å². The van der Waals surface area contributed by atoms with Gasteiger partial charge in [0.05, 0.1) is 0 Å². The fourth-order valence-corrected chi connectivity index (χ4v) is 0.983. The van der Waals surface area contributed by atoms with Gasteiger partial charge in [0, 0.05) is 11.8 Å². The van der Waals surface area contributed by atoms with E-state index >= 15 is 0 Å². The molecule has 0 spiro atoms. The van der Waals surface area contributed by atoms with Gasteiger partial charge in [0.1, 0.15) is 0 Å². The zero-order chi connectivity index (χ0) is 12.6. The third-order valence-electron chi connectivity index (χ3n) is 1.74. The zero-order valence-electron chi connectivity index (χ0n) is 8.48. The van der Waals surface area contributed by atoms with E-state index in [2.05, 4.69) is 4.98 Å². The minimum atomic E-state index is -5.49. The summed E-state index contributed by atoms with van der Waals surface area (Å²) in [6.45, 7) is -5.49. The normalized spacial score (nSPS) is 14.1. The predicted octanol–water partition coefficient (Wildman–Crippen LogP) is -0.287. The van der Waals surface area contributed by atoms with Crippen LogP contribution in [0.15, 0.2) is 18.5 Å². The van der Waals surface area contributed by atoms with E-state index in [9.17, 15) is 30.5 Å². The predicted molar refractivity (Wildman–Crippen MR) is 42.9 cm³/mol. The molecule has 1 aromatic heterocycles. The van der Waals surface area contributed by atoms with Crippen LogP contribution in [0.3, 0.4) is 0 Å². The van der Waals surface area contributed by atoms with Gasteiger partial charge in [-0.3, -0.25) is 4.98 Å². The van der Waals surface area contributed by atoms with E-state index < -0.39 is 30.4 Å². The van der Waals surface area contributed by atoms with Gasteiger partial charge in [0.2, 0.25) is 6.17 Å². The van der Waals surface area contributed by atoms with E-state index in [1.54, 1.807) is 0 Å². The first-order valence-corrected chi connectivity index (χ1v) is 3.98. The fourth-order valence-electron chi connectivity index (χ4n) is 0.983. The summed E-state index contributed by atoms with van der Waals surface area (Å²) in [5.74, 6) is 0. The number of halogens is 7. The van der Waals surface area contributed by atoms with E-state index in [-0.39, 0.29) is 57.5 Å². The molecule has 0 saturated heterocycles. The molecule has 0 aliphatic rings. The minimum Gasteiger partial charge on any atom is -0.445 e. The van der Waals surface area contributed by atoms with Crippen molar-refractivity contribution in [1.82, 2.24) is 4.98 Å². The molecule has 0 aliphatic carbocycles. The van der Waals surface area contributed by atoms with Crippen molar-refractivity contribution in [2.24, 2.45) is 0 Å². The number of alkyl halides is 4. The van der Waals surface area contributed by atoms with Gasteiger partial charge in [0.15, 0.2) is 0 Å². The second-order valence-electron chi connectivity index (χ2n) is 3.03. The first-order chi connectivity index (χ1) is 7.12. The summed E-state index contributed by atoms with van der Waals surface area (Å²) in [7, 11) is 0. The maximum atomic E-state index is 12.7. The zero-order valence-corrected chi connectivity index (χ0v) is 11.6. The van der Waals surface area contributed by atoms with Crippen molar-refractivity contribution in [1.29, 1.82) is 0 Å². The Morgan fingerprint density at radius 2 is 1.65 bits per heavy atom. The Hall–Kier alpha value is 0.361. The van der Waals surface area contributed by atoms with Crippen LogP contribution in [0, 0.1) is 0 Å². The summed E-state index contributed by atoms with van der Waals surface area (Å²) in [4.78, 5) is 2.94. The molecule has 0 saturated carbocycles. The van der Waals surface area contributed by atoms with Crippen molar-refractivity contribution in [2.75, 3.05) is 0 Å². The molecule has 0 radical (unpaired) electrons. The molecule has 0 amide bonds. The molecule has 0 bridgehead atoms. The molecular formula is C7H4BF7KN. The SMILES string of the molecule is FC(c1cncc([B-](F)(F)F)c1)C(F)(F)F.[K+]. The fraction of sp³-hybridized carbons (Fsp3) is 0.286. The van der Waals surface area contributed by atoms with Gasteiger partial charge in [0.25, 0.3) is 0 Å². The Kier molecular flexibility index (Phi) is 6.13. The van der Waals surface area contributed by atoms with Gasteiger partial charge in [-0.2, -0.15) is 13.2 Å². The first kappa shape index (κ1) is 17.4. The minimum absolute atomic E-state index is 0. The van der Waals surface area contributed by atoms with Crippen LogP contribution in [0.5, 0.6) is 0 Å². The molecule has 0 N–H and O–H groups in total. The van der Waals surface area contributed by atoms with Crippen molar-refractivity contribution in [2.45, 2.75) is 12.3 Å². The molecule has 1 unspecified atom stereocenters. The van der Waals surface area contributed by atoms with Gasteiger partial charge in [-0.1, -0.05) is 11.5 Å². The molecule has 1 nitrogen and oxygen atoms in total. The van der Waals surface area contributed by atoms with Gasteiger partial charge in [-0.05, 0) is 6.20 Å². The van der Waals surface area contributed by atoms with Gasteiger partial charge in [-0.25, -0.2) is 4.39 Å². The molecule has 1 aromatic rings. The molecule has 0 aliphatic heterocycles. The van der Waals surface area contributed by atoms with Gasteiger partial charge in [-0.15, -0.1) is 0 Å². The Labute approximate surface area is 134 Å². The van der Waals surface area contributed by atoms with E-state index in [1.807, 2.05) is 0 Å².